The number of hydrogen-bond acceptors (Lipinski definition) is 8. The Labute approximate surface area is 120 Å². The minimum absolute atomic E-state index is 0.127. The van der Waals surface area contributed by atoms with Gasteiger partial charge < -0.3 is 29.2 Å². The summed E-state index contributed by atoms with van der Waals surface area (Å²) in [6.45, 7) is 1.89. The Bertz CT molecular complexity index is 431. The zero-order valence-corrected chi connectivity index (χ0v) is 11.3. The zero-order valence-electron chi connectivity index (χ0n) is 11.3. The van der Waals surface area contributed by atoms with Crippen LogP contribution >= 0.6 is 0 Å². The van der Waals surface area contributed by atoms with Gasteiger partial charge in [0.2, 0.25) is 11.8 Å². The number of aromatic hydroxyl groups is 2. The summed E-state index contributed by atoms with van der Waals surface area (Å²) < 4.78 is 21.3. The predicted molar refractivity (Wildman–Crippen MR) is 67.1 cm³/mol. The van der Waals surface area contributed by atoms with Crippen molar-refractivity contribution < 1.29 is 38.8 Å². The Morgan fingerprint density at radius 3 is 2.14 bits per heavy atom. The van der Waals surface area contributed by atoms with E-state index in [2.05, 4.69) is 4.84 Å². The molecule has 1 fully saturated rings. The summed E-state index contributed by atoms with van der Waals surface area (Å²) in [5.41, 5.74) is 0. The van der Waals surface area contributed by atoms with E-state index in [4.69, 9.17) is 18.9 Å². The van der Waals surface area contributed by atoms with Crippen LogP contribution in [-0.2, 0) is 18.9 Å². The highest BCUT2D eigenvalue weighted by Gasteiger charge is 2.20. The van der Waals surface area contributed by atoms with Gasteiger partial charge in [-0.3, -0.25) is 4.84 Å². The van der Waals surface area contributed by atoms with Crippen LogP contribution < -0.4 is 4.84 Å². The summed E-state index contributed by atoms with van der Waals surface area (Å²) in [5, 5.41) is 18.7. The first-order chi connectivity index (χ1) is 10.2. The lowest BCUT2D eigenvalue weighted by Crippen LogP contribution is -2.33. The third kappa shape index (κ3) is 4.81. The topological polar surface area (TPSA) is 109 Å². The van der Waals surface area contributed by atoms with Crippen molar-refractivity contribution in [1.29, 1.82) is 0 Å². The van der Waals surface area contributed by atoms with Crippen molar-refractivity contribution in [3.63, 3.8) is 0 Å². The molecular weight excluding hydrogens is 286 g/mol. The van der Waals surface area contributed by atoms with Gasteiger partial charge in [-0.25, -0.2) is 4.79 Å². The molecule has 1 aliphatic rings. The molecule has 1 saturated heterocycles. The lowest BCUT2D eigenvalue weighted by atomic mass is 10.4. The van der Waals surface area contributed by atoms with Gasteiger partial charge in [-0.1, -0.05) is 0 Å². The van der Waals surface area contributed by atoms with E-state index in [1.807, 2.05) is 0 Å². The minimum atomic E-state index is -1.10. The maximum absolute atomic E-state index is 11.6. The maximum Gasteiger partial charge on any atom is 0.534 e. The molecule has 0 aliphatic carbocycles. The molecule has 1 aromatic heterocycles. The Balaban J connectivity index is 1.84. The number of aromatic nitrogens is 1. The van der Waals surface area contributed by atoms with Crippen LogP contribution in [0.2, 0.25) is 0 Å². The first-order valence-electron chi connectivity index (χ1n) is 6.38. The third-order valence-corrected chi connectivity index (χ3v) is 2.58. The number of ether oxygens (including phenoxy) is 4. The number of rotatable bonds is 2. The fraction of sp³-hybridized carbons (Fsp3) is 0.583. The summed E-state index contributed by atoms with van der Waals surface area (Å²) in [6.07, 6.45) is -1.75. The largest absolute Gasteiger partial charge is 0.534 e. The average molecular weight is 303 g/mol. The molecule has 0 spiro atoms. The molecule has 0 saturated carbocycles. The standard InChI is InChI=1S/C12H17NO8/c14-10-1-2-11(15)13(10)21-12(16)20-9-7-18-5-3-17-4-6-19-8-9/h1-2,9,14-15H,3-8H2. The van der Waals surface area contributed by atoms with E-state index in [1.54, 1.807) is 0 Å². The molecule has 2 N–H and O–H groups in total. The van der Waals surface area contributed by atoms with E-state index in [1.165, 1.54) is 0 Å². The number of carbonyl (C=O) groups is 1. The number of nitrogens with zero attached hydrogens (tertiary/aromatic N) is 1. The quantitative estimate of drug-likeness (QED) is 0.729. The van der Waals surface area contributed by atoms with Crippen LogP contribution in [-0.4, -0.2) is 66.8 Å². The second-order valence-corrected chi connectivity index (χ2v) is 4.19. The van der Waals surface area contributed by atoms with Gasteiger partial charge in [0.1, 0.15) is 0 Å². The number of carbonyl (C=O) groups excluding carboxylic acids is 1. The highest BCUT2D eigenvalue weighted by molar-refractivity contribution is 5.61. The van der Waals surface area contributed by atoms with E-state index < -0.39 is 24.0 Å². The molecule has 9 nitrogen and oxygen atoms in total. The zero-order chi connectivity index (χ0) is 15.1. The van der Waals surface area contributed by atoms with Crippen LogP contribution in [0.5, 0.6) is 11.8 Å². The predicted octanol–water partition coefficient (Wildman–Crippen LogP) is -0.104. The fourth-order valence-corrected chi connectivity index (χ4v) is 1.61. The van der Waals surface area contributed by atoms with Gasteiger partial charge >= 0.3 is 6.16 Å². The SMILES string of the molecule is O=C(OC1COCCOCCOC1)On1c(O)ccc1O. The summed E-state index contributed by atoms with van der Waals surface area (Å²) in [5.74, 6) is -0.861. The molecular formula is C12H17NO8. The lowest BCUT2D eigenvalue weighted by Gasteiger charge is -2.19. The highest BCUT2D eigenvalue weighted by atomic mass is 16.8. The van der Waals surface area contributed by atoms with Crippen molar-refractivity contribution in [3.05, 3.63) is 12.1 Å². The Morgan fingerprint density at radius 1 is 1.05 bits per heavy atom. The van der Waals surface area contributed by atoms with Crippen molar-refractivity contribution >= 4 is 6.16 Å². The molecule has 1 aliphatic heterocycles. The molecule has 0 unspecified atom stereocenters. The molecule has 0 atom stereocenters. The number of hydrogen-bond donors (Lipinski definition) is 2. The summed E-state index contributed by atoms with van der Waals surface area (Å²) in [6, 6.07) is 2.33. The fourth-order valence-electron chi connectivity index (χ4n) is 1.61. The molecule has 2 rings (SSSR count). The van der Waals surface area contributed by atoms with Gasteiger partial charge in [0, 0.05) is 12.1 Å². The molecule has 0 radical (unpaired) electrons. The molecule has 21 heavy (non-hydrogen) atoms. The first-order valence-corrected chi connectivity index (χ1v) is 6.38. The van der Waals surface area contributed by atoms with Crippen LogP contribution in [0.3, 0.4) is 0 Å². The summed E-state index contributed by atoms with van der Waals surface area (Å²) in [7, 11) is 0. The van der Waals surface area contributed by atoms with Gasteiger partial charge in [0.25, 0.3) is 0 Å². The second-order valence-electron chi connectivity index (χ2n) is 4.19. The monoisotopic (exact) mass is 303 g/mol. The lowest BCUT2D eigenvalue weighted by molar-refractivity contribution is -0.0810. The second kappa shape index (κ2) is 7.72. The van der Waals surface area contributed by atoms with Gasteiger partial charge in [-0.15, -0.1) is 4.73 Å². The first kappa shape index (κ1) is 15.4. The van der Waals surface area contributed by atoms with Crippen LogP contribution in [0.25, 0.3) is 0 Å². The molecule has 1 aromatic rings. The molecule has 2 heterocycles. The third-order valence-electron chi connectivity index (χ3n) is 2.58. The molecule has 0 amide bonds. The molecule has 0 bridgehead atoms. The van der Waals surface area contributed by atoms with E-state index in [0.717, 1.165) is 12.1 Å². The van der Waals surface area contributed by atoms with Crippen molar-refractivity contribution in [2.75, 3.05) is 39.6 Å². The van der Waals surface area contributed by atoms with Gasteiger partial charge in [-0.2, -0.15) is 0 Å². The molecule has 118 valence electrons. The van der Waals surface area contributed by atoms with Crippen LogP contribution in [0.4, 0.5) is 4.79 Å². The van der Waals surface area contributed by atoms with Crippen LogP contribution in [0.1, 0.15) is 0 Å². The Kier molecular flexibility index (Phi) is 5.67. The molecule has 9 heteroatoms. The molecule has 0 aromatic carbocycles. The minimum Gasteiger partial charge on any atom is -0.492 e. The maximum atomic E-state index is 11.6. The van der Waals surface area contributed by atoms with E-state index >= 15 is 0 Å². The summed E-state index contributed by atoms with van der Waals surface area (Å²) >= 11 is 0. The van der Waals surface area contributed by atoms with Crippen LogP contribution in [0.15, 0.2) is 12.1 Å². The van der Waals surface area contributed by atoms with Crippen LogP contribution in [0, 0.1) is 0 Å². The summed E-state index contributed by atoms with van der Waals surface area (Å²) in [4.78, 5) is 16.3. The van der Waals surface area contributed by atoms with Gasteiger partial charge in [0.15, 0.2) is 6.10 Å². The van der Waals surface area contributed by atoms with Crippen molar-refractivity contribution in [2.24, 2.45) is 0 Å². The van der Waals surface area contributed by atoms with Gasteiger partial charge in [0.05, 0.1) is 39.6 Å². The van der Waals surface area contributed by atoms with Gasteiger partial charge in [-0.05, 0) is 0 Å². The van der Waals surface area contributed by atoms with E-state index in [-0.39, 0.29) is 13.2 Å². The normalized spacial score (nSPS) is 18.1. The average Bonchev–Trinajstić information content (AvgIpc) is 2.77. The highest BCUT2D eigenvalue weighted by Crippen LogP contribution is 2.18. The Morgan fingerprint density at radius 2 is 1.57 bits per heavy atom. The Hall–Kier alpha value is -1.97. The van der Waals surface area contributed by atoms with Crippen molar-refractivity contribution in [3.8, 4) is 11.8 Å². The smallest absolute Gasteiger partial charge is 0.492 e. The van der Waals surface area contributed by atoms with Crippen molar-refractivity contribution in [2.45, 2.75) is 6.10 Å². The van der Waals surface area contributed by atoms with E-state index in [0.29, 0.717) is 31.2 Å². The van der Waals surface area contributed by atoms with E-state index in [9.17, 15) is 15.0 Å². The van der Waals surface area contributed by atoms with Crippen molar-refractivity contribution in [1.82, 2.24) is 4.73 Å².